The van der Waals surface area contributed by atoms with Gasteiger partial charge in [-0.1, -0.05) is 12.1 Å². The quantitative estimate of drug-likeness (QED) is 0.558. The number of aryl methyl sites for hydroxylation is 2. The summed E-state index contributed by atoms with van der Waals surface area (Å²) < 4.78 is 4.01. The molecule has 1 aliphatic heterocycles. The molecule has 26 heavy (non-hydrogen) atoms. The van der Waals surface area contributed by atoms with Gasteiger partial charge in [-0.05, 0) is 38.0 Å². The molecule has 0 radical (unpaired) electrons. The van der Waals surface area contributed by atoms with Crippen molar-refractivity contribution in [1.82, 2.24) is 29.4 Å². The monoisotopic (exact) mass is 347 g/mol. The molecule has 4 heterocycles. The van der Waals surface area contributed by atoms with Crippen LogP contribution in [0.1, 0.15) is 30.3 Å². The predicted molar refractivity (Wildman–Crippen MR) is 100 cm³/mol. The van der Waals surface area contributed by atoms with Crippen molar-refractivity contribution in [2.75, 3.05) is 18.0 Å². The van der Waals surface area contributed by atoms with Gasteiger partial charge in [-0.25, -0.2) is 4.98 Å². The third-order valence-electron chi connectivity index (χ3n) is 5.32. The smallest absolute Gasteiger partial charge is 0.200 e. The van der Waals surface area contributed by atoms with E-state index < -0.39 is 0 Å². The lowest BCUT2D eigenvalue weighted by atomic mass is 9.96. The number of imidazole rings is 1. The van der Waals surface area contributed by atoms with Crippen molar-refractivity contribution in [2.24, 2.45) is 7.05 Å². The summed E-state index contributed by atoms with van der Waals surface area (Å²) >= 11 is 0. The van der Waals surface area contributed by atoms with E-state index in [2.05, 4.69) is 56.1 Å². The van der Waals surface area contributed by atoms with Gasteiger partial charge in [-0.3, -0.25) is 0 Å². The zero-order chi connectivity index (χ0) is 17.7. The highest BCUT2D eigenvalue weighted by molar-refractivity contribution is 5.76. The number of benzene rings is 1. The molecule has 0 bridgehead atoms. The van der Waals surface area contributed by atoms with Crippen LogP contribution in [0.15, 0.2) is 36.7 Å². The summed E-state index contributed by atoms with van der Waals surface area (Å²) in [5.74, 6) is 1.57. The average Bonchev–Trinajstić information content (AvgIpc) is 3.26. The molecule has 132 valence electrons. The number of hydrogen-bond acceptors (Lipinski definition) is 5. The molecule has 1 unspecified atom stereocenters. The van der Waals surface area contributed by atoms with E-state index in [-0.39, 0.29) is 0 Å². The first-order valence-electron chi connectivity index (χ1n) is 9.04. The van der Waals surface area contributed by atoms with Gasteiger partial charge in [0, 0.05) is 26.1 Å². The maximum Gasteiger partial charge on any atom is 0.200 e. The largest absolute Gasteiger partial charge is 0.368 e. The van der Waals surface area contributed by atoms with Crippen LogP contribution in [0.4, 0.5) is 5.69 Å². The van der Waals surface area contributed by atoms with E-state index in [9.17, 15) is 0 Å². The number of rotatable bonds is 2. The van der Waals surface area contributed by atoms with E-state index in [4.69, 9.17) is 4.98 Å². The zero-order valence-corrected chi connectivity index (χ0v) is 15.0. The van der Waals surface area contributed by atoms with E-state index in [1.54, 1.807) is 10.8 Å². The van der Waals surface area contributed by atoms with Crippen molar-refractivity contribution in [1.29, 1.82) is 0 Å². The number of fused-ring (bicyclic) bond motifs is 2. The number of aromatic nitrogens is 6. The Kier molecular flexibility index (Phi) is 3.41. The van der Waals surface area contributed by atoms with Crippen LogP contribution < -0.4 is 4.90 Å². The average molecular weight is 347 g/mol. The Morgan fingerprint density at radius 2 is 2.08 bits per heavy atom. The summed E-state index contributed by atoms with van der Waals surface area (Å²) in [6.45, 7) is 3.96. The third kappa shape index (κ3) is 2.34. The molecular weight excluding hydrogens is 326 g/mol. The Hall–Kier alpha value is -2.96. The Bertz CT molecular complexity index is 1090. The van der Waals surface area contributed by atoms with Gasteiger partial charge in [0.25, 0.3) is 0 Å². The van der Waals surface area contributed by atoms with Crippen LogP contribution in [0, 0.1) is 6.92 Å². The maximum absolute atomic E-state index is 4.92. The van der Waals surface area contributed by atoms with E-state index in [0.717, 1.165) is 48.5 Å². The molecule has 0 amide bonds. The lowest BCUT2D eigenvalue weighted by Gasteiger charge is -2.34. The second kappa shape index (κ2) is 5.79. The number of para-hydroxylation sites is 2. The second-order valence-corrected chi connectivity index (χ2v) is 7.07. The van der Waals surface area contributed by atoms with Crippen LogP contribution in [0.25, 0.3) is 16.7 Å². The van der Waals surface area contributed by atoms with Gasteiger partial charge in [0.1, 0.15) is 12.2 Å². The molecule has 3 aromatic heterocycles. The van der Waals surface area contributed by atoms with Gasteiger partial charge in [-0.15, -0.1) is 10.2 Å². The van der Waals surface area contributed by atoms with Crippen LogP contribution in [0.5, 0.6) is 0 Å². The number of anilines is 1. The molecule has 0 saturated carbocycles. The highest BCUT2D eigenvalue weighted by Crippen LogP contribution is 2.32. The molecule has 7 nitrogen and oxygen atoms in total. The van der Waals surface area contributed by atoms with Crippen molar-refractivity contribution in [2.45, 2.75) is 25.7 Å². The van der Waals surface area contributed by atoms with Crippen LogP contribution in [-0.4, -0.2) is 42.5 Å². The summed E-state index contributed by atoms with van der Waals surface area (Å²) in [6.07, 6.45) is 3.95. The molecule has 0 spiro atoms. The number of nitrogens with zero attached hydrogens (tertiary/aromatic N) is 7. The lowest BCUT2D eigenvalue weighted by Crippen LogP contribution is -2.35. The van der Waals surface area contributed by atoms with Gasteiger partial charge in [0.2, 0.25) is 5.65 Å². The van der Waals surface area contributed by atoms with Crippen molar-refractivity contribution in [3.63, 3.8) is 0 Å². The zero-order valence-electron chi connectivity index (χ0n) is 15.0. The third-order valence-corrected chi connectivity index (χ3v) is 5.32. The molecule has 1 aliphatic rings. The molecule has 0 N–H and O–H groups in total. The van der Waals surface area contributed by atoms with Crippen LogP contribution in [0.2, 0.25) is 0 Å². The minimum Gasteiger partial charge on any atom is -0.368 e. The highest BCUT2D eigenvalue weighted by atomic mass is 15.4. The Morgan fingerprint density at radius 1 is 1.19 bits per heavy atom. The van der Waals surface area contributed by atoms with Crippen LogP contribution in [-0.2, 0) is 7.05 Å². The minimum absolute atomic E-state index is 0.401. The van der Waals surface area contributed by atoms with E-state index in [1.165, 1.54) is 11.3 Å². The maximum atomic E-state index is 4.92. The van der Waals surface area contributed by atoms with Gasteiger partial charge >= 0.3 is 0 Å². The van der Waals surface area contributed by atoms with Crippen LogP contribution >= 0.6 is 0 Å². The van der Waals surface area contributed by atoms with Gasteiger partial charge < -0.3 is 9.47 Å². The van der Waals surface area contributed by atoms with Crippen molar-refractivity contribution >= 4 is 22.4 Å². The van der Waals surface area contributed by atoms with Gasteiger partial charge in [-0.2, -0.15) is 9.61 Å². The standard InChI is InChI=1S/C19H21N7/c1-13-10-17(19-22-20-12-26(19)23-13)25-9-5-6-14(11-25)18-21-15-7-3-4-8-16(15)24(18)2/h3-4,7-8,10,12,14H,5-6,9,11H2,1-2H3. The van der Waals surface area contributed by atoms with Crippen molar-refractivity contribution in [3.8, 4) is 0 Å². The molecule has 1 atom stereocenters. The van der Waals surface area contributed by atoms with Gasteiger partial charge in [0.15, 0.2) is 0 Å². The fourth-order valence-corrected chi connectivity index (χ4v) is 4.10. The molecule has 4 aromatic rings. The summed E-state index contributed by atoms with van der Waals surface area (Å²) in [5, 5.41) is 12.8. The summed E-state index contributed by atoms with van der Waals surface area (Å²) in [5.41, 5.74) is 5.16. The fraction of sp³-hybridized carbons (Fsp3) is 0.368. The predicted octanol–water partition coefficient (Wildman–Crippen LogP) is 2.70. The SMILES string of the molecule is Cc1cc(N2CCCC(c3nc4ccccc4n3C)C2)c2nncn2n1. The topological polar surface area (TPSA) is 64.1 Å². The molecule has 1 aromatic carbocycles. The molecule has 0 aliphatic carbocycles. The Morgan fingerprint density at radius 3 is 2.96 bits per heavy atom. The first kappa shape index (κ1) is 15.3. The Labute approximate surface area is 151 Å². The molecule has 1 saturated heterocycles. The molecule has 5 rings (SSSR count). The first-order chi connectivity index (χ1) is 12.7. The van der Waals surface area contributed by atoms with E-state index in [0.29, 0.717) is 5.92 Å². The number of piperidine rings is 1. The second-order valence-electron chi connectivity index (χ2n) is 7.07. The van der Waals surface area contributed by atoms with E-state index in [1.807, 2.05) is 13.0 Å². The minimum atomic E-state index is 0.401. The van der Waals surface area contributed by atoms with Gasteiger partial charge in [0.05, 0.1) is 22.4 Å². The summed E-state index contributed by atoms with van der Waals surface area (Å²) in [7, 11) is 2.12. The summed E-state index contributed by atoms with van der Waals surface area (Å²) in [4.78, 5) is 7.33. The fourth-order valence-electron chi connectivity index (χ4n) is 4.10. The van der Waals surface area contributed by atoms with Crippen molar-refractivity contribution in [3.05, 3.63) is 48.2 Å². The Balaban J connectivity index is 1.53. The van der Waals surface area contributed by atoms with Crippen LogP contribution in [0.3, 0.4) is 0 Å². The molecular formula is C19H21N7. The first-order valence-corrected chi connectivity index (χ1v) is 9.04. The summed E-state index contributed by atoms with van der Waals surface area (Å²) in [6, 6.07) is 10.5. The highest BCUT2D eigenvalue weighted by Gasteiger charge is 2.27. The van der Waals surface area contributed by atoms with E-state index >= 15 is 0 Å². The lowest BCUT2D eigenvalue weighted by molar-refractivity contribution is 0.483. The normalized spacial score (nSPS) is 18.1. The van der Waals surface area contributed by atoms with Crippen molar-refractivity contribution < 1.29 is 0 Å². The molecule has 1 fully saturated rings. The molecule has 7 heteroatoms. The number of hydrogen-bond donors (Lipinski definition) is 0.